The van der Waals surface area contributed by atoms with Gasteiger partial charge in [0.1, 0.15) is 5.76 Å². The van der Waals surface area contributed by atoms with Crippen LogP contribution >= 0.6 is 0 Å². The van der Waals surface area contributed by atoms with Gasteiger partial charge in [0.05, 0.1) is 7.11 Å². The number of ether oxygens (including phenoxy) is 2. The lowest BCUT2D eigenvalue weighted by Gasteiger charge is -2.22. The smallest absolute Gasteiger partial charge is 0.387 e. The fourth-order valence-electron chi connectivity index (χ4n) is 3.39. The quantitative estimate of drug-likeness (QED) is 0.502. The molecule has 0 unspecified atom stereocenters. The average Bonchev–Trinajstić information content (AvgIpc) is 3.53. The van der Waals surface area contributed by atoms with Crippen LogP contribution in [0.2, 0.25) is 0 Å². The second-order valence-electron chi connectivity index (χ2n) is 7.32. The number of aromatic nitrogens is 1. The highest BCUT2D eigenvalue weighted by Crippen LogP contribution is 2.34. The van der Waals surface area contributed by atoms with Crippen molar-refractivity contribution in [1.82, 2.24) is 9.88 Å². The zero-order valence-electron chi connectivity index (χ0n) is 17.2. The van der Waals surface area contributed by atoms with Gasteiger partial charge in [-0.3, -0.25) is 4.79 Å². The van der Waals surface area contributed by atoms with E-state index in [9.17, 15) is 13.6 Å². The monoisotopic (exact) mass is 428 g/mol. The second kappa shape index (κ2) is 8.75. The molecular weight excluding hydrogens is 406 g/mol. The predicted molar refractivity (Wildman–Crippen MR) is 109 cm³/mol. The highest BCUT2D eigenvalue weighted by atomic mass is 19.3. The van der Waals surface area contributed by atoms with Gasteiger partial charge in [0.15, 0.2) is 17.2 Å². The molecule has 0 saturated heterocycles. The van der Waals surface area contributed by atoms with Gasteiger partial charge in [-0.25, -0.2) is 4.98 Å². The third-order valence-corrected chi connectivity index (χ3v) is 5.07. The highest BCUT2D eigenvalue weighted by Gasteiger charge is 2.35. The van der Waals surface area contributed by atoms with Crippen LogP contribution in [-0.2, 0) is 6.54 Å². The number of carbonyl (C=O) groups is 1. The number of benzene rings is 2. The van der Waals surface area contributed by atoms with Crippen molar-refractivity contribution in [3.63, 3.8) is 0 Å². The Morgan fingerprint density at radius 3 is 2.58 bits per heavy atom. The van der Waals surface area contributed by atoms with E-state index in [2.05, 4.69) is 9.72 Å². The Hall–Kier alpha value is -3.42. The van der Waals surface area contributed by atoms with Crippen molar-refractivity contribution >= 4 is 5.91 Å². The summed E-state index contributed by atoms with van der Waals surface area (Å²) in [7, 11) is 1.38. The van der Waals surface area contributed by atoms with E-state index in [1.165, 1.54) is 13.2 Å². The van der Waals surface area contributed by atoms with Crippen LogP contribution in [0.5, 0.6) is 11.5 Å². The van der Waals surface area contributed by atoms with Gasteiger partial charge in [-0.05, 0) is 49.6 Å². The number of amides is 1. The fourth-order valence-corrected chi connectivity index (χ4v) is 3.39. The van der Waals surface area contributed by atoms with Crippen molar-refractivity contribution in [2.75, 3.05) is 7.11 Å². The molecule has 0 atom stereocenters. The lowest BCUT2D eigenvalue weighted by Crippen LogP contribution is -2.33. The van der Waals surface area contributed by atoms with Crippen LogP contribution in [0, 0.1) is 6.92 Å². The molecule has 0 aliphatic heterocycles. The summed E-state index contributed by atoms with van der Waals surface area (Å²) in [6.45, 7) is -0.933. The van der Waals surface area contributed by atoms with Crippen LogP contribution < -0.4 is 9.47 Å². The van der Waals surface area contributed by atoms with Gasteiger partial charge in [-0.2, -0.15) is 8.78 Å². The van der Waals surface area contributed by atoms with Crippen molar-refractivity contribution < 1.29 is 27.5 Å². The molecule has 6 nitrogen and oxygen atoms in total. The van der Waals surface area contributed by atoms with Crippen LogP contribution in [0.4, 0.5) is 8.78 Å². The second-order valence-corrected chi connectivity index (χ2v) is 7.32. The van der Waals surface area contributed by atoms with Crippen molar-refractivity contribution in [3.8, 4) is 23.0 Å². The molecule has 0 N–H and O–H groups in total. The summed E-state index contributed by atoms with van der Waals surface area (Å²) < 4.78 is 40.5. The maximum absolute atomic E-state index is 13.3. The predicted octanol–water partition coefficient (Wildman–Crippen LogP) is 5.06. The first kappa shape index (κ1) is 20.8. The Labute approximate surface area is 178 Å². The summed E-state index contributed by atoms with van der Waals surface area (Å²) in [5.41, 5.74) is 1.81. The summed E-state index contributed by atoms with van der Waals surface area (Å²) in [6.07, 6.45) is 1.80. The fraction of sp³-hybridized carbons (Fsp3) is 0.304. The number of hydrogen-bond donors (Lipinski definition) is 0. The van der Waals surface area contributed by atoms with E-state index in [1.54, 1.807) is 24.0 Å². The number of carbonyl (C=O) groups excluding carboxylic acids is 1. The number of nitrogens with zero attached hydrogens (tertiary/aromatic N) is 2. The molecule has 8 heteroatoms. The van der Waals surface area contributed by atoms with Crippen LogP contribution in [0.1, 0.15) is 34.7 Å². The molecule has 4 rings (SSSR count). The molecule has 1 aliphatic carbocycles. The maximum Gasteiger partial charge on any atom is 0.387 e. The summed E-state index contributed by atoms with van der Waals surface area (Å²) in [6, 6.07) is 14.2. The van der Waals surface area contributed by atoms with E-state index in [0.29, 0.717) is 18.2 Å². The molecule has 1 amide bonds. The van der Waals surface area contributed by atoms with Crippen LogP contribution in [0.3, 0.4) is 0 Å². The van der Waals surface area contributed by atoms with Gasteiger partial charge in [0.25, 0.3) is 5.91 Å². The third-order valence-electron chi connectivity index (χ3n) is 5.07. The van der Waals surface area contributed by atoms with Crippen molar-refractivity contribution in [2.45, 2.75) is 39.0 Å². The largest absolute Gasteiger partial charge is 0.493 e. The van der Waals surface area contributed by atoms with Gasteiger partial charge in [-0.1, -0.05) is 24.3 Å². The average molecular weight is 428 g/mol. The molecular formula is C23H22F2N2O4. The van der Waals surface area contributed by atoms with E-state index < -0.39 is 6.61 Å². The topological polar surface area (TPSA) is 64.8 Å². The van der Waals surface area contributed by atoms with E-state index >= 15 is 0 Å². The molecule has 31 heavy (non-hydrogen) atoms. The van der Waals surface area contributed by atoms with Crippen LogP contribution in [0.15, 0.2) is 52.9 Å². The lowest BCUT2D eigenvalue weighted by molar-refractivity contribution is -0.0512. The summed E-state index contributed by atoms with van der Waals surface area (Å²) in [5.74, 6) is 0.758. The van der Waals surface area contributed by atoms with E-state index in [4.69, 9.17) is 9.15 Å². The minimum atomic E-state index is -2.95. The van der Waals surface area contributed by atoms with Crippen molar-refractivity contribution in [3.05, 3.63) is 65.5 Å². The molecule has 162 valence electrons. The van der Waals surface area contributed by atoms with Gasteiger partial charge >= 0.3 is 6.61 Å². The summed E-state index contributed by atoms with van der Waals surface area (Å²) in [5, 5.41) is 0. The third kappa shape index (κ3) is 4.68. The molecule has 2 aromatic carbocycles. The normalized spacial score (nSPS) is 13.3. The standard InChI is InChI=1S/C23H22F2N2O4/c1-14-20(26-21(30-14)16-6-4-3-5-7-16)22(28)27(17-9-10-17)13-15-8-11-18(31-23(24)25)19(12-15)29-2/h3-8,11-12,17,23H,9-10,13H2,1-2H3. The zero-order chi connectivity index (χ0) is 22.0. The first-order chi connectivity index (χ1) is 15.0. The first-order valence-electron chi connectivity index (χ1n) is 9.92. The number of alkyl halides is 2. The maximum atomic E-state index is 13.3. The molecule has 1 fully saturated rings. The first-order valence-corrected chi connectivity index (χ1v) is 9.92. The Kier molecular flexibility index (Phi) is 5.88. The van der Waals surface area contributed by atoms with Crippen LogP contribution in [0.25, 0.3) is 11.5 Å². The van der Waals surface area contributed by atoms with Gasteiger partial charge in [-0.15, -0.1) is 0 Å². The lowest BCUT2D eigenvalue weighted by atomic mass is 10.1. The molecule has 0 spiro atoms. The van der Waals surface area contributed by atoms with E-state index in [0.717, 1.165) is 24.0 Å². The van der Waals surface area contributed by atoms with Crippen molar-refractivity contribution in [2.24, 2.45) is 0 Å². The SMILES string of the molecule is COc1cc(CN(C(=O)c2nc(-c3ccccc3)oc2C)C2CC2)ccc1OC(F)F. The van der Waals surface area contributed by atoms with E-state index in [-0.39, 0.29) is 29.1 Å². The minimum absolute atomic E-state index is 0.0506. The Morgan fingerprint density at radius 1 is 1.19 bits per heavy atom. The Balaban J connectivity index is 1.58. The Morgan fingerprint density at radius 2 is 1.94 bits per heavy atom. The van der Waals surface area contributed by atoms with Crippen molar-refractivity contribution in [1.29, 1.82) is 0 Å². The summed E-state index contributed by atoms with van der Waals surface area (Å²) >= 11 is 0. The molecule has 3 aromatic rings. The van der Waals surface area contributed by atoms with Gasteiger partial charge in [0.2, 0.25) is 5.89 Å². The minimum Gasteiger partial charge on any atom is -0.493 e. The highest BCUT2D eigenvalue weighted by molar-refractivity contribution is 5.94. The molecule has 1 aliphatic rings. The molecule has 0 radical (unpaired) electrons. The number of methoxy groups -OCH3 is 1. The number of hydrogen-bond acceptors (Lipinski definition) is 5. The number of aryl methyl sites for hydroxylation is 1. The number of halogens is 2. The zero-order valence-corrected chi connectivity index (χ0v) is 17.2. The molecule has 1 saturated carbocycles. The number of rotatable bonds is 8. The van der Waals surface area contributed by atoms with Gasteiger partial charge < -0.3 is 18.8 Å². The summed E-state index contributed by atoms with van der Waals surface area (Å²) in [4.78, 5) is 19.5. The number of oxazole rings is 1. The molecule has 1 aromatic heterocycles. The van der Waals surface area contributed by atoms with E-state index in [1.807, 2.05) is 30.3 Å². The molecule has 1 heterocycles. The van der Waals surface area contributed by atoms with Crippen LogP contribution in [-0.4, -0.2) is 35.6 Å². The van der Waals surface area contributed by atoms with Gasteiger partial charge in [0, 0.05) is 18.2 Å². The Bertz CT molecular complexity index is 1060. The molecule has 0 bridgehead atoms.